The van der Waals surface area contributed by atoms with Gasteiger partial charge in [-0.3, -0.25) is 14.2 Å². The molecule has 1 aliphatic heterocycles. The molecule has 0 spiro atoms. The van der Waals surface area contributed by atoms with Crippen molar-refractivity contribution in [2.75, 3.05) is 17.9 Å². The predicted molar refractivity (Wildman–Crippen MR) is 125 cm³/mol. The van der Waals surface area contributed by atoms with Crippen molar-refractivity contribution in [2.24, 2.45) is 12.5 Å². The van der Waals surface area contributed by atoms with Crippen LogP contribution in [0.3, 0.4) is 0 Å². The fourth-order valence-electron chi connectivity index (χ4n) is 3.45. The van der Waals surface area contributed by atoms with Gasteiger partial charge in [-0.15, -0.1) is 0 Å². The molecule has 2 aromatic rings. The quantitative estimate of drug-likeness (QED) is 0.649. The highest BCUT2D eigenvalue weighted by Crippen LogP contribution is 2.35. The lowest BCUT2D eigenvalue weighted by molar-refractivity contribution is 0.0845. The topological polar surface area (TPSA) is 102 Å². The van der Waals surface area contributed by atoms with Gasteiger partial charge in [0.05, 0.1) is 10.6 Å². The number of rotatable bonds is 6. The van der Waals surface area contributed by atoms with Gasteiger partial charge in [0, 0.05) is 37.2 Å². The summed E-state index contributed by atoms with van der Waals surface area (Å²) >= 11 is 5.91. The molecule has 1 amide bonds. The van der Waals surface area contributed by atoms with Crippen LogP contribution in [-0.4, -0.2) is 43.4 Å². The number of carbonyl (C=O) groups is 1. The summed E-state index contributed by atoms with van der Waals surface area (Å²) in [6.07, 6.45) is 1.40. The van der Waals surface area contributed by atoms with Gasteiger partial charge >= 0.3 is 0 Å². The average Bonchev–Trinajstić information content (AvgIpc) is 3.03. The Labute approximate surface area is 194 Å². The number of amides is 1. The van der Waals surface area contributed by atoms with Crippen LogP contribution in [0, 0.1) is 5.41 Å². The number of halogens is 1. The first-order valence-corrected chi connectivity index (χ1v) is 12.5. The third-order valence-corrected chi connectivity index (χ3v) is 7.52. The van der Waals surface area contributed by atoms with Gasteiger partial charge in [-0.1, -0.05) is 32.4 Å². The molecule has 3 rings (SSSR count). The zero-order chi connectivity index (χ0) is 23.7. The smallest absolute Gasteiger partial charge is 0.271 e. The van der Waals surface area contributed by atoms with Crippen molar-refractivity contribution in [1.82, 2.24) is 15.1 Å². The van der Waals surface area contributed by atoms with Gasteiger partial charge in [-0.05, 0) is 49.4 Å². The van der Waals surface area contributed by atoms with Crippen LogP contribution in [0.4, 0.5) is 5.69 Å². The molecule has 0 aliphatic carbocycles. The first-order valence-electron chi connectivity index (χ1n) is 10.6. The monoisotopic (exact) mass is 482 g/mol. The highest BCUT2D eigenvalue weighted by atomic mass is 35.5. The molecule has 1 aromatic heterocycles. The second-order valence-electron chi connectivity index (χ2n) is 9.24. The van der Waals surface area contributed by atoms with Crippen molar-refractivity contribution < 1.29 is 17.9 Å². The Hall–Kier alpha value is -2.10. The van der Waals surface area contributed by atoms with Gasteiger partial charge in [0.2, 0.25) is 0 Å². The van der Waals surface area contributed by atoms with Crippen molar-refractivity contribution in [2.45, 2.75) is 57.4 Å². The lowest BCUT2D eigenvalue weighted by Gasteiger charge is -2.28. The number of aryl methyl sites for hydroxylation is 1. The van der Waals surface area contributed by atoms with Crippen molar-refractivity contribution in [3.63, 3.8) is 0 Å². The van der Waals surface area contributed by atoms with Gasteiger partial charge in [-0.2, -0.15) is 5.10 Å². The van der Waals surface area contributed by atoms with Gasteiger partial charge in [0.1, 0.15) is 11.4 Å². The molecule has 1 fully saturated rings. The molecule has 1 aliphatic rings. The Bertz CT molecular complexity index is 1070. The van der Waals surface area contributed by atoms with Crippen molar-refractivity contribution in [1.29, 1.82) is 0 Å². The van der Waals surface area contributed by atoms with E-state index in [1.54, 1.807) is 7.05 Å². The molecular formula is C22H31ClN4O4S. The molecular weight excluding hydrogens is 452 g/mol. The van der Waals surface area contributed by atoms with Crippen LogP contribution >= 0.6 is 11.6 Å². The van der Waals surface area contributed by atoms with E-state index in [0.717, 1.165) is 0 Å². The third-order valence-electron chi connectivity index (χ3n) is 5.90. The van der Waals surface area contributed by atoms with Gasteiger partial charge in [0.15, 0.2) is 0 Å². The Balaban J connectivity index is 2.04. The SMILES string of the molecule is CC(NC(=O)c1c(NS(=O)(=O)c2ccc(Cl)cc2)c(C2CCOCC2)nn1C)C(C)(C)C. The number of hydrogen-bond donors (Lipinski definition) is 2. The van der Waals surface area contributed by atoms with Gasteiger partial charge in [0.25, 0.3) is 15.9 Å². The summed E-state index contributed by atoms with van der Waals surface area (Å²) in [5, 5.41) is 7.99. The number of aromatic nitrogens is 2. The molecule has 1 atom stereocenters. The molecule has 32 heavy (non-hydrogen) atoms. The number of sulfonamides is 1. The van der Waals surface area contributed by atoms with E-state index in [1.165, 1.54) is 28.9 Å². The summed E-state index contributed by atoms with van der Waals surface area (Å²) in [5.74, 6) is -0.394. The van der Waals surface area contributed by atoms with E-state index >= 15 is 0 Å². The second-order valence-corrected chi connectivity index (χ2v) is 11.4. The van der Waals surface area contributed by atoms with E-state index in [9.17, 15) is 13.2 Å². The molecule has 0 bridgehead atoms. The fourth-order valence-corrected chi connectivity index (χ4v) is 4.66. The number of benzene rings is 1. The molecule has 1 aromatic carbocycles. The fraction of sp³-hybridized carbons (Fsp3) is 0.545. The number of ether oxygens (including phenoxy) is 1. The van der Waals surface area contributed by atoms with Crippen molar-refractivity contribution in [3.8, 4) is 0 Å². The minimum atomic E-state index is -3.96. The molecule has 2 heterocycles. The van der Waals surface area contributed by atoms with Crippen molar-refractivity contribution in [3.05, 3.63) is 40.7 Å². The largest absolute Gasteiger partial charge is 0.381 e. The molecule has 176 valence electrons. The number of carbonyl (C=O) groups excluding carboxylic acids is 1. The van der Waals surface area contributed by atoms with E-state index in [1.807, 2.05) is 27.7 Å². The third kappa shape index (κ3) is 5.44. The Morgan fingerprint density at radius 3 is 2.38 bits per heavy atom. The number of anilines is 1. The summed E-state index contributed by atoms with van der Waals surface area (Å²) in [6, 6.07) is 5.74. The summed E-state index contributed by atoms with van der Waals surface area (Å²) in [7, 11) is -2.31. The molecule has 1 saturated heterocycles. The van der Waals surface area contributed by atoms with Gasteiger partial charge < -0.3 is 10.1 Å². The van der Waals surface area contributed by atoms with Crippen LogP contribution in [0.25, 0.3) is 0 Å². The van der Waals surface area contributed by atoms with Crippen LogP contribution in [0.15, 0.2) is 29.2 Å². The van der Waals surface area contributed by atoms with E-state index in [0.29, 0.717) is 36.8 Å². The zero-order valence-electron chi connectivity index (χ0n) is 19.1. The first kappa shape index (κ1) is 24.5. The summed E-state index contributed by atoms with van der Waals surface area (Å²) in [5.41, 5.74) is 0.788. The Morgan fingerprint density at radius 1 is 1.22 bits per heavy atom. The maximum Gasteiger partial charge on any atom is 0.271 e. The molecule has 8 nitrogen and oxygen atoms in total. The summed E-state index contributed by atoms with van der Waals surface area (Å²) in [6.45, 7) is 9.13. The number of hydrogen-bond acceptors (Lipinski definition) is 5. The highest BCUT2D eigenvalue weighted by molar-refractivity contribution is 7.92. The standard InChI is InChI=1S/C22H31ClN4O4S/c1-14(22(2,3)4)24-21(28)20-19(18(25-27(20)5)15-10-12-31-13-11-15)26-32(29,30)17-8-6-16(23)7-9-17/h6-9,14-15,26H,10-13H2,1-5H3,(H,24,28). The maximum absolute atomic E-state index is 13.3. The molecule has 0 radical (unpaired) electrons. The Morgan fingerprint density at radius 2 is 1.81 bits per heavy atom. The highest BCUT2D eigenvalue weighted by Gasteiger charge is 2.32. The van der Waals surface area contributed by atoms with Gasteiger partial charge in [-0.25, -0.2) is 8.42 Å². The normalized spacial score (nSPS) is 16.6. The maximum atomic E-state index is 13.3. The molecule has 0 saturated carbocycles. The van der Waals surface area contributed by atoms with Crippen LogP contribution in [0.1, 0.15) is 62.6 Å². The van der Waals surface area contributed by atoms with Crippen molar-refractivity contribution >= 4 is 33.2 Å². The summed E-state index contributed by atoms with van der Waals surface area (Å²) < 4.78 is 35.9. The lowest BCUT2D eigenvalue weighted by Crippen LogP contribution is -2.42. The average molecular weight is 483 g/mol. The van der Waals surface area contributed by atoms with E-state index in [-0.39, 0.29) is 39.6 Å². The second kappa shape index (κ2) is 9.41. The molecule has 1 unspecified atom stereocenters. The predicted octanol–water partition coefficient (Wildman–Crippen LogP) is 3.93. The minimum absolute atomic E-state index is 0.0144. The minimum Gasteiger partial charge on any atom is -0.381 e. The van der Waals surface area contributed by atoms with Crippen LogP contribution in [0.2, 0.25) is 5.02 Å². The van der Waals surface area contributed by atoms with Crippen LogP contribution in [-0.2, 0) is 21.8 Å². The number of nitrogens with one attached hydrogen (secondary N) is 2. The van der Waals surface area contributed by atoms with E-state index in [4.69, 9.17) is 16.3 Å². The first-order chi connectivity index (χ1) is 14.9. The number of nitrogens with zero attached hydrogens (tertiary/aromatic N) is 2. The van der Waals surface area contributed by atoms with Crippen LogP contribution in [0.5, 0.6) is 0 Å². The van der Waals surface area contributed by atoms with E-state index < -0.39 is 10.0 Å². The zero-order valence-corrected chi connectivity index (χ0v) is 20.7. The summed E-state index contributed by atoms with van der Waals surface area (Å²) in [4.78, 5) is 13.3. The lowest BCUT2D eigenvalue weighted by atomic mass is 9.88. The molecule has 2 N–H and O–H groups in total. The van der Waals surface area contributed by atoms with E-state index in [2.05, 4.69) is 15.1 Å². The Kier molecular flexibility index (Phi) is 7.21. The molecule has 10 heteroatoms. The van der Waals surface area contributed by atoms with Crippen LogP contribution < -0.4 is 10.0 Å².